The van der Waals surface area contributed by atoms with Crippen LogP contribution in [0, 0.1) is 0 Å². The molecule has 0 fully saturated rings. The SMILES string of the molecule is c1ccc(-n2c3ccccc3c3cc(-c4cccc(-c5ccccc5-c5ccccc5-c5cccc(-c6ccc7c(c6)c6ccccc6n7-c6cccc7ccccc67)c5)c4)ccc32)cc1. The molecule has 11 aromatic carbocycles. The molecule has 0 bridgehead atoms. The molecule has 0 aliphatic rings. The fraction of sp³-hybridized carbons (Fsp3) is 0. The Hall–Kier alpha value is -8.72. The van der Waals surface area contributed by atoms with Gasteiger partial charge in [0, 0.05) is 32.6 Å². The number of para-hydroxylation sites is 3. The van der Waals surface area contributed by atoms with Gasteiger partial charge in [-0.15, -0.1) is 0 Å². The Morgan fingerprint density at radius 1 is 0.212 bits per heavy atom. The van der Waals surface area contributed by atoms with Gasteiger partial charge >= 0.3 is 0 Å². The van der Waals surface area contributed by atoms with E-state index < -0.39 is 0 Å². The summed E-state index contributed by atoms with van der Waals surface area (Å²) < 4.78 is 4.81. The third-order valence-corrected chi connectivity index (χ3v) is 13.5. The Bertz CT molecular complexity index is 3990. The molecule has 0 N–H and O–H groups in total. The van der Waals surface area contributed by atoms with E-state index in [9.17, 15) is 0 Å². The molecule has 13 aromatic rings. The Morgan fingerprint density at radius 2 is 0.621 bits per heavy atom. The molecule has 0 saturated carbocycles. The lowest BCUT2D eigenvalue weighted by molar-refractivity contribution is 1.18. The molecule has 0 aliphatic heterocycles. The normalized spacial score (nSPS) is 11.6. The number of rotatable bonds is 7. The molecule has 13 rings (SSSR count). The van der Waals surface area contributed by atoms with Crippen molar-refractivity contribution in [1.82, 2.24) is 9.13 Å². The van der Waals surface area contributed by atoms with Crippen molar-refractivity contribution < 1.29 is 0 Å². The van der Waals surface area contributed by atoms with Crippen LogP contribution in [-0.4, -0.2) is 9.13 Å². The molecule has 66 heavy (non-hydrogen) atoms. The second kappa shape index (κ2) is 15.5. The topological polar surface area (TPSA) is 9.86 Å². The maximum Gasteiger partial charge on any atom is 0.0541 e. The summed E-state index contributed by atoms with van der Waals surface area (Å²) in [5.41, 5.74) is 19.2. The Morgan fingerprint density at radius 3 is 1.23 bits per heavy atom. The van der Waals surface area contributed by atoms with E-state index in [0.29, 0.717) is 0 Å². The van der Waals surface area contributed by atoms with Crippen LogP contribution >= 0.6 is 0 Å². The fourth-order valence-corrected chi connectivity index (χ4v) is 10.5. The average molecular weight is 839 g/mol. The van der Waals surface area contributed by atoms with Gasteiger partial charge in [-0.1, -0.05) is 188 Å². The predicted octanol–water partition coefficient (Wildman–Crippen LogP) is 17.4. The third-order valence-electron chi connectivity index (χ3n) is 13.5. The van der Waals surface area contributed by atoms with Crippen molar-refractivity contribution in [1.29, 1.82) is 0 Å². The van der Waals surface area contributed by atoms with Crippen molar-refractivity contribution in [3.8, 4) is 67.0 Å². The van der Waals surface area contributed by atoms with Crippen molar-refractivity contribution in [3.05, 3.63) is 255 Å². The molecule has 0 amide bonds. The summed E-state index contributed by atoms with van der Waals surface area (Å²) in [6.45, 7) is 0. The van der Waals surface area contributed by atoms with Crippen LogP contribution in [0.25, 0.3) is 121 Å². The number of hydrogen-bond acceptors (Lipinski definition) is 0. The van der Waals surface area contributed by atoms with Gasteiger partial charge in [-0.2, -0.15) is 0 Å². The second-order valence-electron chi connectivity index (χ2n) is 17.3. The maximum absolute atomic E-state index is 2.43. The minimum atomic E-state index is 1.17. The Balaban J connectivity index is 0.881. The highest BCUT2D eigenvalue weighted by Gasteiger charge is 2.18. The van der Waals surface area contributed by atoms with Crippen LogP contribution in [0.15, 0.2) is 255 Å². The summed E-state index contributed by atoms with van der Waals surface area (Å²) in [6.07, 6.45) is 0. The summed E-state index contributed by atoms with van der Waals surface area (Å²) >= 11 is 0. The van der Waals surface area contributed by atoms with E-state index in [1.165, 1.54) is 121 Å². The van der Waals surface area contributed by atoms with Crippen LogP contribution in [0.5, 0.6) is 0 Å². The second-order valence-corrected chi connectivity index (χ2v) is 17.3. The molecule has 2 aromatic heterocycles. The van der Waals surface area contributed by atoms with E-state index in [-0.39, 0.29) is 0 Å². The zero-order valence-corrected chi connectivity index (χ0v) is 36.1. The van der Waals surface area contributed by atoms with E-state index >= 15 is 0 Å². The first kappa shape index (κ1) is 37.8. The fourth-order valence-electron chi connectivity index (χ4n) is 10.5. The van der Waals surface area contributed by atoms with E-state index in [2.05, 4.69) is 264 Å². The predicted molar refractivity (Wildman–Crippen MR) is 280 cm³/mol. The van der Waals surface area contributed by atoms with Gasteiger partial charge in [-0.05, 0) is 128 Å². The summed E-state index contributed by atoms with van der Waals surface area (Å²) in [6, 6.07) is 93.2. The van der Waals surface area contributed by atoms with Gasteiger partial charge < -0.3 is 9.13 Å². The quantitative estimate of drug-likeness (QED) is 0.151. The summed E-state index contributed by atoms with van der Waals surface area (Å²) in [4.78, 5) is 0. The average Bonchev–Trinajstić information content (AvgIpc) is 3.91. The lowest BCUT2D eigenvalue weighted by Gasteiger charge is -2.16. The first-order chi connectivity index (χ1) is 32.7. The molecule has 0 atom stereocenters. The zero-order valence-electron chi connectivity index (χ0n) is 36.1. The monoisotopic (exact) mass is 838 g/mol. The lowest BCUT2D eigenvalue weighted by Crippen LogP contribution is -1.95. The molecule has 0 spiro atoms. The van der Waals surface area contributed by atoms with Gasteiger partial charge in [0.25, 0.3) is 0 Å². The number of fused-ring (bicyclic) bond motifs is 7. The smallest absolute Gasteiger partial charge is 0.0541 e. The minimum Gasteiger partial charge on any atom is -0.309 e. The van der Waals surface area contributed by atoms with Gasteiger partial charge in [0.1, 0.15) is 0 Å². The minimum absolute atomic E-state index is 1.17. The van der Waals surface area contributed by atoms with Crippen LogP contribution in [0.1, 0.15) is 0 Å². The first-order valence-corrected chi connectivity index (χ1v) is 22.8. The molecule has 0 aliphatic carbocycles. The molecule has 308 valence electrons. The van der Waals surface area contributed by atoms with Crippen molar-refractivity contribution >= 4 is 54.4 Å². The van der Waals surface area contributed by atoms with Crippen molar-refractivity contribution in [2.45, 2.75) is 0 Å². The molecule has 0 unspecified atom stereocenters. The molecule has 2 heterocycles. The van der Waals surface area contributed by atoms with Gasteiger partial charge in [0.2, 0.25) is 0 Å². The van der Waals surface area contributed by atoms with Crippen molar-refractivity contribution in [3.63, 3.8) is 0 Å². The van der Waals surface area contributed by atoms with Crippen LogP contribution < -0.4 is 0 Å². The Labute approximate surface area is 383 Å². The van der Waals surface area contributed by atoms with Gasteiger partial charge in [-0.3, -0.25) is 0 Å². The van der Waals surface area contributed by atoms with Crippen LogP contribution in [0.2, 0.25) is 0 Å². The first-order valence-electron chi connectivity index (χ1n) is 22.8. The molecule has 0 saturated heterocycles. The number of aromatic nitrogens is 2. The number of nitrogens with zero attached hydrogens (tertiary/aromatic N) is 2. The van der Waals surface area contributed by atoms with E-state index in [0.717, 1.165) is 0 Å². The summed E-state index contributed by atoms with van der Waals surface area (Å²) in [7, 11) is 0. The third kappa shape index (κ3) is 6.18. The van der Waals surface area contributed by atoms with E-state index in [4.69, 9.17) is 0 Å². The van der Waals surface area contributed by atoms with E-state index in [1.807, 2.05) is 0 Å². The summed E-state index contributed by atoms with van der Waals surface area (Å²) in [5.74, 6) is 0. The highest BCUT2D eigenvalue weighted by atomic mass is 15.0. The highest BCUT2D eigenvalue weighted by Crippen LogP contribution is 2.42. The van der Waals surface area contributed by atoms with E-state index in [1.54, 1.807) is 0 Å². The maximum atomic E-state index is 2.43. The molecule has 0 radical (unpaired) electrons. The van der Waals surface area contributed by atoms with Gasteiger partial charge in [-0.25, -0.2) is 0 Å². The molecular formula is C64H42N2. The zero-order chi connectivity index (χ0) is 43.6. The lowest BCUT2D eigenvalue weighted by atomic mass is 9.88. The number of hydrogen-bond donors (Lipinski definition) is 0. The molecule has 2 nitrogen and oxygen atoms in total. The van der Waals surface area contributed by atoms with Gasteiger partial charge in [0.15, 0.2) is 0 Å². The number of benzene rings is 11. The molecular weight excluding hydrogens is 797 g/mol. The molecule has 2 heteroatoms. The summed E-state index contributed by atoms with van der Waals surface area (Å²) in [5, 5.41) is 7.49. The van der Waals surface area contributed by atoms with Crippen molar-refractivity contribution in [2.75, 3.05) is 0 Å². The van der Waals surface area contributed by atoms with Crippen LogP contribution in [0.3, 0.4) is 0 Å². The van der Waals surface area contributed by atoms with Gasteiger partial charge in [0.05, 0.1) is 27.8 Å². The van der Waals surface area contributed by atoms with Crippen molar-refractivity contribution in [2.24, 2.45) is 0 Å². The standard InChI is InChI=1S/C64H42N2/c1-2-23-50(24-3-1)65-61-32-12-10-30-56(61)58-41-46(35-37-63(58)65)44-19-14-21-48(39-44)51-25-6-8-28-54(51)55-29-9-7-26-52(55)49-22-15-20-45(40-49)47-36-38-64-59(42-47)57-31-11-13-33-62(57)66(64)60-34-16-18-43-17-4-5-27-53(43)60/h1-42H. The van der Waals surface area contributed by atoms with Crippen LogP contribution in [-0.2, 0) is 0 Å². The van der Waals surface area contributed by atoms with Crippen LogP contribution in [0.4, 0.5) is 0 Å². The largest absolute Gasteiger partial charge is 0.309 e. The highest BCUT2D eigenvalue weighted by molar-refractivity contribution is 6.12. The Kier molecular flexibility index (Phi) is 8.89.